The molecule has 0 atom stereocenters. The van der Waals surface area contributed by atoms with Crippen LogP contribution in [0, 0.1) is 18.3 Å². The Morgan fingerprint density at radius 3 is 2.79 bits per heavy atom. The highest BCUT2D eigenvalue weighted by Crippen LogP contribution is 2.28. The molecule has 4 aromatic rings. The number of fused-ring (bicyclic) bond motifs is 1. The van der Waals surface area contributed by atoms with Crippen molar-refractivity contribution in [2.24, 2.45) is 7.05 Å². The van der Waals surface area contributed by atoms with Crippen LogP contribution in [0.1, 0.15) is 11.1 Å². The number of hydrogen-bond donors (Lipinski definition) is 1. The van der Waals surface area contributed by atoms with Crippen LogP contribution in [-0.2, 0) is 7.05 Å². The summed E-state index contributed by atoms with van der Waals surface area (Å²) in [5.41, 5.74) is 1.83. The van der Waals surface area contributed by atoms with Gasteiger partial charge in [0.25, 0.3) is 5.56 Å². The Kier molecular flexibility index (Phi) is 4.20. The third-order valence-electron chi connectivity index (χ3n) is 4.38. The molecule has 0 amide bonds. The van der Waals surface area contributed by atoms with E-state index in [0.29, 0.717) is 32.6 Å². The molecule has 0 aliphatic rings. The predicted molar refractivity (Wildman–Crippen MR) is 106 cm³/mol. The van der Waals surface area contributed by atoms with Crippen molar-refractivity contribution in [2.45, 2.75) is 6.92 Å². The molecule has 0 aliphatic heterocycles. The van der Waals surface area contributed by atoms with Crippen LogP contribution in [0.25, 0.3) is 28.2 Å². The number of aromatic nitrogens is 5. The van der Waals surface area contributed by atoms with Crippen LogP contribution in [0.3, 0.4) is 0 Å². The van der Waals surface area contributed by atoms with Gasteiger partial charge in [-0.25, -0.2) is 14.6 Å². The SMILES string of the molecule is Cc1cc(C#N)cc2c(=O)n(C)c(-c3cc(Br)nn3-c3ncccc3O)nc12. The van der Waals surface area contributed by atoms with E-state index in [1.807, 2.05) is 0 Å². The summed E-state index contributed by atoms with van der Waals surface area (Å²) in [6, 6.07) is 10.1. The van der Waals surface area contributed by atoms with Crippen molar-refractivity contribution in [3.63, 3.8) is 0 Å². The number of pyridine rings is 1. The van der Waals surface area contributed by atoms with Crippen LogP contribution >= 0.6 is 15.9 Å². The zero-order chi connectivity index (χ0) is 20.0. The standard InChI is InChI=1S/C19H13BrN6O2/c1-10-6-11(9-21)7-12-16(10)23-17(25(2)19(12)28)13-8-15(20)24-26(13)18-14(27)4-3-5-22-18/h3-8,27H,1-2H3. The molecular formula is C19H13BrN6O2. The van der Waals surface area contributed by atoms with Gasteiger partial charge in [-0.3, -0.25) is 9.36 Å². The number of aromatic hydroxyl groups is 1. The quantitative estimate of drug-likeness (QED) is 0.517. The topological polar surface area (TPSA) is 110 Å². The van der Waals surface area contributed by atoms with Crippen LogP contribution in [0.15, 0.2) is 45.9 Å². The summed E-state index contributed by atoms with van der Waals surface area (Å²) in [6.45, 7) is 1.80. The van der Waals surface area contributed by atoms with E-state index in [0.717, 1.165) is 5.56 Å². The maximum atomic E-state index is 13.0. The average Bonchev–Trinajstić information content (AvgIpc) is 3.06. The van der Waals surface area contributed by atoms with E-state index in [-0.39, 0.29) is 17.1 Å². The largest absolute Gasteiger partial charge is 0.504 e. The Hall–Kier alpha value is -3.51. The number of aryl methyl sites for hydroxylation is 1. The molecule has 28 heavy (non-hydrogen) atoms. The summed E-state index contributed by atoms with van der Waals surface area (Å²) in [5, 5.41) is 24.1. The van der Waals surface area contributed by atoms with Gasteiger partial charge in [-0.1, -0.05) is 0 Å². The Labute approximate surface area is 167 Å². The molecule has 138 valence electrons. The fraction of sp³-hybridized carbons (Fsp3) is 0.105. The third-order valence-corrected chi connectivity index (χ3v) is 4.76. The molecule has 1 aromatic carbocycles. The van der Waals surface area contributed by atoms with Crippen molar-refractivity contribution in [3.8, 4) is 29.2 Å². The van der Waals surface area contributed by atoms with Gasteiger partial charge in [0.05, 0.1) is 22.5 Å². The first-order valence-electron chi connectivity index (χ1n) is 8.22. The van der Waals surface area contributed by atoms with Crippen LogP contribution < -0.4 is 5.56 Å². The van der Waals surface area contributed by atoms with E-state index in [1.165, 1.54) is 21.5 Å². The second-order valence-electron chi connectivity index (χ2n) is 6.21. The van der Waals surface area contributed by atoms with Gasteiger partial charge in [-0.2, -0.15) is 10.4 Å². The Bertz CT molecular complexity index is 1350. The van der Waals surface area contributed by atoms with E-state index in [1.54, 1.807) is 38.2 Å². The van der Waals surface area contributed by atoms with Gasteiger partial charge in [0.15, 0.2) is 17.4 Å². The number of nitrogens with zero attached hydrogens (tertiary/aromatic N) is 6. The molecule has 4 rings (SSSR count). The van der Waals surface area contributed by atoms with Crippen molar-refractivity contribution in [1.82, 2.24) is 24.3 Å². The van der Waals surface area contributed by atoms with Gasteiger partial charge in [0, 0.05) is 19.3 Å². The van der Waals surface area contributed by atoms with Crippen LogP contribution in [0.4, 0.5) is 0 Å². The van der Waals surface area contributed by atoms with E-state index < -0.39 is 0 Å². The maximum Gasteiger partial charge on any atom is 0.261 e. The van der Waals surface area contributed by atoms with Gasteiger partial charge in [-0.15, -0.1) is 0 Å². The maximum absolute atomic E-state index is 13.0. The smallest absolute Gasteiger partial charge is 0.261 e. The number of hydrogen-bond acceptors (Lipinski definition) is 6. The zero-order valence-electron chi connectivity index (χ0n) is 14.9. The van der Waals surface area contributed by atoms with Crippen LogP contribution in [-0.4, -0.2) is 29.4 Å². The van der Waals surface area contributed by atoms with Crippen molar-refractivity contribution in [3.05, 3.63) is 62.6 Å². The fourth-order valence-corrected chi connectivity index (χ4v) is 3.44. The lowest BCUT2D eigenvalue weighted by molar-refractivity contribution is 0.467. The second-order valence-corrected chi connectivity index (χ2v) is 7.02. The summed E-state index contributed by atoms with van der Waals surface area (Å²) in [5.74, 6) is 0.516. The normalized spacial score (nSPS) is 10.9. The molecule has 0 aliphatic carbocycles. The molecule has 3 heterocycles. The van der Waals surface area contributed by atoms with Crippen molar-refractivity contribution < 1.29 is 5.11 Å². The van der Waals surface area contributed by atoms with E-state index in [2.05, 4.69) is 37.1 Å². The van der Waals surface area contributed by atoms with Crippen molar-refractivity contribution in [2.75, 3.05) is 0 Å². The number of rotatable bonds is 2. The summed E-state index contributed by atoms with van der Waals surface area (Å²) in [7, 11) is 1.60. The van der Waals surface area contributed by atoms with Gasteiger partial charge in [-0.05, 0) is 52.7 Å². The predicted octanol–water partition coefficient (Wildman–Crippen LogP) is 2.83. The minimum absolute atomic E-state index is 0.0556. The van der Waals surface area contributed by atoms with Crippen molar-refractivity contribution >= 4 is 26.8 Å². The molecule has 0 saturated heterocycles. The molecule has 9 heteroatoms. The number of benzene rings is 1. The Morgan fingerprint density at radius 2 is 2.07 bits per heavy atom. The number of nitriles is 1. The van der Waals surface area contributed by atoms with Gasteiger partial charge in [0.2, 0.25) is 0 Å². The fourth-order valence-electron chi connectivity index (χ4n) is 3.07. The molecular weight excluding hydrogens is 424 g/mol. The lowest BCUT2D eigenvalue weighted by Gasteiger charge is -2.12. The van der Waals surface area contributed by atoms with E-state index in [9.17, 15) is 15.2 Å². The summed E-state index contributed by atoms with van der Waals surface area (Å²) in [6.07, 6.45) is 1.54. The third kappa shape index (κ3) is 2.75. The average molecular weight is 437 g/mol. The highest BCUT2D eigenvalue weighted by molar-refractivity contribution is 9.10. The van der Waals surface area contributed by atoms with Crippen LogP contribution in [0.2, 0.25) is 0 Å². The Balaban J connectivity index is 2.06. The molecule has 0 spiro atoms. The molecule has 0 unspecified atom stereocenters. The highest BCUT2D eigenvalue weighted by atomic mass is 79.9. The molecule has 0 saturated carbocycles. The molecule has 3 aromatic heterocycles. The first-order valence-corrected chi connectivity index (χ1v) is 9.01. The minimum Gasteiger partial charge on any atom is -0.504 e. The summed E-state index contributed by atoms with van der Waals surface area (Å²) < 4.78 is 3.31. The van der Waals surface area contributed by atoms with Gasteiger partial charge in [0.1, 0.15) is 10.3 Å². The summed E-state index contributed by atoms with van der Waals surface area (Å²) in [4.78, 5) is 21.8. The monoisotopic (exact) mass is 436 g/mol. The highest BCUT2D eigenvalue weighted by Gasteiger charge is 2.20. The first kappa shape index (κ1) is 17.9. The Morgan fingerprint density at radius 1 is 1.29 bits per heavy atom. The zero-order valence-corrected chi connectivity index (χ0v) is 16.5. The minimum atomic E-state index is -0.283. The molecule has 8 nitrogen and oxygen atoms in total. The molecule has 0 bridgehead atoms. The lowest BCUT2D eigenvalue weighted by atomic mass is 10.1. The van der Waals surface area contributed by atoms with Gasteiger partial charge < -0.3 is 5.11 Å². The van der Waals surface area contributed by atoms with E-state index >= 15 is 0 Å². The second kappa shape index (κ2) is 6.58. The first-order chi connectivity index (χ1) is 13.4. The van der Waals surface area contributed by atoms with E-state index in [4.69, 9.17) is 0 Å². The van der Waals surface area contributed by atoms with Crippen LogP contribution in [0.5, 0.6) is 5.75 Å². The molecule has 0 fully saturated rings. The molecule has 1 N–H and O–H groups in total. The lowest BCUT2D eigenvalue weighted by Crippen LogP contribution is -2.21. The number of halogens is 1. The summed E-state index contributed by atoms with van der Waals surface area (Å²) >= 11 is 3.34. The van der Waals surface area contributed by atoms with Crippen molar-refractivity contribution in [1.29, 1.82) is 5.26 Å². The van der Waals surface area contributed by atoms with Gasteiger partial charge >= 0.3 is 0 Å². The molecule has 0 radical (unpaired) electrons.